The summed E-state index contributed by atoms with van der Waals surface area (Å²) in [6.07, 6.45) is 7.18. The van der Waals surface area contributed by atoms with Gasteiger partial charge < -0.3 is 15.8 Å². The zero-order chi connectivity index (χ0) is 15.4. The van der Waals surface area contributed by atoms with Crippen LogP contribution in [0.3, 0.4) is 0 Å². The van der Waals surface area contributed by atoms with Gasteiger partial charge in [0.2, 0.25) is 11.8 Å². The van der Waals surface area contributed by atoms with Gasteiger partial charge in [-0.05, 0) is 31.4 Å². The van der Waals surface area contributed by atoms with E-state index in [1.807, 2.05) is 12.1 Å². The second-order valence-corrected chi connectivity index (χ2v) is 5.43. The maximum Gasteiger partial charge on any atom is 0.237 e. The SMILES string of the molecule is NC1CCC(C(=O)Nc2cccc(Oc3cnccn3)c2)C1. The van der Waals surface area contributed by atoms with Gasteiger partial charge in [0.1, 0.15) is 5.75 Å². The fourth-order valence-electron chi connectivity index (χ4n) is 2.60. The molecule has 22 heavy (non-hydrogen) atoms. The first kappa shape index (κ1) is 14.5. The minimum atomic E-state index is -0.000403. The molecule has 3 N–H and O–H groups in total. The minimum absolute atomic E-state index is 0.000403. The molecule has 2 aromatic rings. The van der Waals surface area contributed by atoms with Crippen LogP contribution in [0.1, 0.15) is 19.3 Å². The molecule has 0 bridgehead atoms. The number of ether oxygens (including phenoxy) is 1. The lowest BCUT2D eigenvalue weighted by Gasteiger charge is -2.12. The highest BCUT2D eigenvalue weighted by atomic mass is 16.5. The van der Waals surface area contributed by atoms with Crippen molar-refractivity contribution in [1.82, 2.24) is 9.97 Å². The molecule has 0 saturated heterocycles. The number of hydrogen-bond acceptors (Lipinski definition) is 5. The first-order valence-corrected chi connectivity index (χ1v) is 7.31. The van der Waals surface area contributed by atoms with Gasteiger partial charge in [0.15, 0.2) is 0 Å². The fourth-order valence-corrected chi connectivity index (χ4v) is 2.60. The van der Waals surface area contributed by atoms with Gasteiger partial charge in [0.25, 0.3) is 0 Å². The van der Waals surface area contributed by atoms with Crippen LogP contribution in [0.25, 0.3) is 0 Å². The van der Waals surface area contributed by atoms with Gasteiger partial charge in [-0.3, -0.25) is 9.78 Å². The Bertz CT molecular complexity index is 648. The number of amides is 1. The molecule has 114 valence electrons. The van der Waals surface area contributed by atoms with Crippen molar-refractivity contribution in [1.29, 1.82) is 0 Å². The van der Waals surface area contributed by atoms with Crippen LogP contribution in [0.4, 0.5) is 5.69 Å². The van der Waals surface area contributed by atoms with Gasteiger partial charge in [-0.25, -0.2) is 4.98 Å². The highest BCUT2D eigenvalue weighted by molar-refractivity contribution is 5.92. The molecule has 1 aliphatic carbocycles. The van der Waals surface area contributed by atoms with E-state index < -0.39 is 0 Å². The molecule has 1 aromatic carbocycles. The maximum atomic E-state index is 12.2. The summed E-state index contributed by atoms with van der Waals surface area (Å²) in [6, 6.07) is 7.36. The monoisotopic (exact) mass is 298 g/mol. The van der Waals surface area contributed by atoms with Crippen LogP contribution >= 0.6 is 0 Å². The topological polar surface area (TPSA) is 90.1 Å². The minimum Gasteiger partial charge on any atom is -0.437 e. The third-order valence-corrected chi connectivity index (χ3v) is 3.71. The number of carbonyl (C=O) groups excluding carboxylic acids is 1. The van der Waals surface area contributed by atoms with Crippen molar-refractivity contribution in [2.45, 2.75) is 25.3 Å². The Morgan fingerprint density at radius 2 is 2.23 bits per heavy atom. The van der Waals surface area contributed by atoms with Crippen LogP contribution in [0.15, 0.2) is 42.9 Å². The first-order chi connectivity index (χ1) is 10.7. The van der Waals surface area contributed by atoms with Crippen LogP contribution < -0.4 is 15.8 Å². The van der Waals surface area contributed by atoms with Crippen LogP contribution in [0.2, 0.25) is 0 Å². The van der Waals surface area contributed by atoms with Gasteiger partial charge >= 0.3 is 0 Å². The lowest BCUT2D eigenvalue weighted by Crippen LogP contribution is -2.23. The molecule has 1 heterocycles. The molecule has 6 nitrogen and oxygen atoms in total. The Balaban J connectivity index is 1.65. The summed E-state index contributed by atoms with van der Waals surface area (Å²) in [6.45, 7) is 0. The molecule has 1 aromatic heterocycles. The average molecular weight is 298 g/mol. The number of carbonyl (C=O) groups is 1. The molecule has 6 heteroatoms. The number of aromatic nitrogens is 2. The van der Waals surface area contributed by atoms with Gasteiger partial charge in [-0.2, -0.15) is 0 Å². The van der Waals surface area contributed by atoms with E-state index in [2.05, 4.69) is 15.3 Å². The van der Waals surface area contributed by atoms with Crippen molar-refractivity contribution < 1.29 is 9.53 Å². The summed E-state index contributed by atoms with van der Waals surface area (Å²) >= 11 is 0. The summed E-state index contributed by atoms with van der Waals surface area (Å²) in [5, 5.41) is 2.92. The summed E-state index contributed by atoms with van der Waals surface area (Å²) < 4.78 is 5.60. The van der Waals surface area contributed by atoms with E-state index in [4.69, 9.17) is 10.5 Å². The smallest absolute Gasteiger partial charge is 0.237 e. The normalized spacial score (nSPS) is 20.6. The Kier molecular flexibility index (Phi) is 4.29. The Morgan fingerprint density at radius 1 is 1.32 bits per heavy atom. The van der Waals surface area contributed by atoms with Crippen LogP contribution in [-0.4, -0.2) is 21.9 Å². The summed E-state index contributed by atoms with van der Waals surface area (Å²) in [5.41, 5.74) is 6.55. The number of rotatable bonds is 4. The van der Waals surface area contributed by atoms with E-state index in [-0.39, 0.29) is 17.9 Å². The number of nitrogens with one attached hydrogen (secondary N) is 1. The molecule has 0 radical (unpaired) electrons. The van der Waals surface area contributed by atoms with Gasteiger partial charge in [0.05, 0.1) is 6.20 Å². The predicted octanol–water partition coefficient (Wildman–Crippen LogP) is 2.33. The van der Waals surface area contributed by atoms with Crippen molar-refractivity contribution in [3.05, 3.63) is 42.9 Å². The number of nitrogens with zero attached hydrogens (tertiary/aromatic N) is 2. The molecule has 1 aliphatic rings. The van der Waals surface area contributed by atoms with Crippen LogP contribution in [0.5, 0.6) is 11.6 Å². The highest BCUT2D eigenvalue weighted by Crippen LogP contribution is 2.27. The second-order valence-electron chi connectivity index (χ2n) is 5.43. The lowest BCUT2D eigenvalue weighted by atomic mass is 10.1. The van der Waals surface area contributed by atoms with Gasteiger partial charge in [-0.15, -0.1) is 0 Å². The summed E-state index contributed by atoms with van der Waals surface area (Å²) in [5.74, 6) is 1.03. The van der Waals surface area contributed by atoms with Gasteiger partial charge in [-0.1, -0.05) is 6.07 Å². The average Bonchev–Trinajstić information content (AvgIpc) is 2.95. The van der Waals surface area contributed by atoms with Gasteiger partial charge in [0, 0.05) is 36.1 Å². The van der Waals surface area contributed by atoms with Crippen molar-refractivity contribution in [3.8, 4) is 11.6 Å². The van der Waals surface area contributed by atoms with E-state index in [0.717, 1.165) is 19.3 Å². The molecule has 0 spiro atoms. The molecule has 3 rings (SSSR count). The number of nitrogens with two attached hydrogens (primary N) is 1. The maximum absolute atomic E-state index is 12.2. The standard InChI is InChI=1S/C16H18N4O2/c17-12-5-4-11(8-12)16(21)20-13-2-1-3-14(9-13)22-15-10-18-6-7-19-15/h1-3,6-7,9-12H,4-5,8,17H2,(H,20,21). The van der Waals surface area contributed by atoms with E-state index in [0.29, 0.717) is 17.3 Å². The summed E-state index contributed by atoms with van der Waals surface area (Å²) in [4.78, 5) is 20.2. The van der Waals surface area contributed by atoms with E-state index in [1.165, 1.54) is 6.20 Å². The van der Waals surface area contributed by atoms with Crippen LogP contribution in [-0.2, 0) is 4.79 Å². The fraction of sp³-hybridized carbons (Fsp3) is 0.312. The third-order valence-electron chi connectivity index (χ3n) is 3.71. The number of benzene rings is 1. The largest absolute Gasteiger partial charge is 0.437 e. The quantitative estimate of drug-likeness (QED) is 0.904. The number of anilines is 1. The van der Waals surface area contributed by atoms with E-state index >= 15 is 0 Å². The third kappa shape index (κ3) is 3.59. The second kappa shape index (κ2) is 6.53. The zero-order valence-corrected chi connectivity index (χ0v) is 12.1. The summed E-state index contributed by atoms with van der Waals surface area (Å²) in [7, 11) is 0. The Morgan fingerprint density at radius 3 is 2.95 bits per heavy atom. The lowest BCUT2D eigenvalue weighted by molar-refractivity contribution is -0.119. The molecule has 2 unspecified atom stereocenters. The highest BCUT2D eigenvalue weighted by Gasteiger charge is 2.27. The molecular formula is C16H18N4O2. The van der Waals surface area contributed by atoms with Crippen LogP contribution in [0, 0.1) is 5.92 Å². The van der Waals surface area contributed by atoms with Crippen molar-refractivity contribution in [2.24, 2.45) is 11.7 Å². The molecule has 0 aliphatic heterocycles. The van der Waals surface area contributed by atoms with Crippen molar-refractivity contribution in [2.75, 3.05) is 5.32 Å². The number of hydrogen-bond donors (Lipinski definition) is 2. The zero-order valence-electron chi connectivity index (χ0n) is 12.1. The molecule has 1 amide bonds. The van der Waals surface area contributed by atoms with Crippen molar-refractivity contribution >= 4 is 11.6 Å². The first-order valence-electron chi connectivity index (χ1n) is 7.31. The van der Waals surface area contributed by atoms with Crippen molar-refractivity contribution in [3.63, 3.8) is 0 Å². The van der Waals surface area contributed by atoms with E-state index in [1.54, 1.807) is 24.5 Å². The molecular weight excluding hydrogens is 280 g/mol. The molecule has 2 atom stereocenters. The predicted molar refractivity (Wildman–Crippen MR) is 82.5 cm³/mol. The molecule has 1 saturated carbocycles. The van der Waals surface area contributed by atoms with E-state index in [9.17, 15) is 4.79 Å². The molecule has 1 fully saturated rings. The Labute approximate surface area is 128 Å². The Hall–Kier alpha value is -2.47.